The van der Waals surface area contributed by atoms with Gasteiger partial charge in [-0.25, -0.2) is 0 Å². The second-order valence-electron chi connectivity index (χ2n) is 6.25. The molecule has 3 rings (SSSR count). The Labute approximate surface area is 173 Å². The number of hydrogen-bond donors (Lipinski definition) is 0. The first-order valence-electron chi connectivity index (χ1n) is 8.76. The molecule has 0 aromatic heterocycles. The molecule has 1 heterocycles. The van der Waals surface area contributed by atoms with Gasteiger partial charge < -0.3 is 19.3 Å². The first kappa shape index (κ1) is 20.3. The van der Waals surface area contributed by atoms with Crippen LogP contribution in [0.15, 0.2) is 36.4 Å². The SMILES string of the molecule is COc1ccccc1N1CCN(C(=O)COc2c(Cl)cc(Cl)cc2C=O)CC1. The van der Waals surface area contributed by atoms with E-state index in [-0.39, 0.29) is 28.8 Å². The molecule has 0 bridgehead atoms. The number of benzene rings is 2. The topological polar surface area (TPSA) is 59.1 Å². The minimum Gasteiger partial charge on any atom is -0.495 e. The van der Waals surface area contributed by atoms with E-state index in [1.807, 2.05) is 24.3 Å². The van der Waals surface area contributed by atoms with Crippen molar-refractivity contribution < 1.29 is 19.1 Å². The van der Waals surface area contributed by atoms with E-state index in [0.29, 0.717) is 37.5 Å². The second-order valence-corrected chi connectivity index (χ2v) is 7.10. The number of halogens is 2. The summed E-state index contributed by atoms with van der Waals surface area (Å²) in [5.41, 5.74) is 1.23. The highest BCUT2D eigenvalue weighted by Gasteiger charge is 2.23. The molecule has 1 saturated heterocycles. The lowest BCUT2D eigenvalue weighted by molar-refractivity contribution is -0.133. The van der Waals surface area contributed by atoms with E-state index in [4.69, 9.17) is 32.7 Å². The minimum atomic E-state index is -0.198. The molecule has 1 amide bonds. The number of para-hydroxylation sites is 2. The fourth-order valence-corrected chi connectivity index (χ4v) is 3.70. The van der Waals surface area contributed by atoms with Crippen molar-refractivity contribution in [3.8, 4) is 11.5 Å². The van der Waals surface area contributed by atoms with Crippen molar-refractivity contribution in [1.29, 1.82) is 0 Å². The largest absolute Gasteiger partial charge is 0.495 e. The van der Waals surface area contributed by atoms with E-state index in [1.165, 1.54) is 12.1 Å². The summed E-state index contributed by atoms with van der Waals surface area (Å²) >= 11 is 12.0. The van der Waals surface area contributed by atoms with Gasteiger partial charge in [-0.1, -0.05) is 35.3 Å². The summed E-state index contributed by atoms with van der Waals surface area (Å²) in [7, 11) is 1.64. The van der Waals surface area contributed by atoms with Gasteiger partial charge in [0.05, 0.1) is 23.4 Å². The van der Waals surface area contributed by atoms with Crippen molar-refractivity contribution >= 4 is 41.1 Å². The number of piperazine rings is 1. The molecular formula is C20H20Cl2N2O4. The maximum absolute atomic E-state index is 12.5. The average Bonchev–Trinajstić information content (AvgIpc) is 2.72. The normalized spacial score (nSPS) is 14.0. The highest BCUT2D eigenvalue weighted by atomic mass is 35.5. The molecule has 148 valence electrons. The van der Waals surface area contributed by atoms with Crippen molar-refractivity contribution in [3.05, 3.63) is 52.0 Å². The van der Waals surface area contributed by atoms with Crippen molar-refractivity contribution in [2.24, 2.45) is 0 Å². The number of ether oxygens (including phenoxy) is 2. The fourth-order valence-electron chi connectivity index (χ4n) is 3.13. The first-order chi connectivity index (χ1) is 13.5. The summed E-state index contributed by atoms with van der Waals surface area (Å²) in [6.45, 7) is 2.31. The molecule has 0 aliphatic carbocycles. The van der Waals surface area contributed by atoms with Gasteiger partial charge in [0, 0.05) is 31.2 Å². The zero-order chi connectivity index (χ0) is 20.1. The molecule has 28 heavy (non-hydrogen) atoms. The maximum atomic E-state index is 12.5. The Morgan fingerprint density at radius 2 is 1.86 bits per heavy atom. The van der Waals surface area contributed by atoms with Gasteiger partial charge in [0.1, 0.15) is 11.5 Å². The summed E-state index contributed by atoms with van der Waals surface area (Å²) in [5.74, 6) is 0.814. The third-order valence-electron chi connectivity index (χ3n) is 4.56. The molecule has 2 aromatic carbocycles. The van der Waals surface area contributed by atoms with Gasteiger partial charge in [0.2, 0.25) is 0 Å². The lowest BCUT2D eigenvalue weighted by atomic mass is 10.2. The van der Waals surface area contributed by atoms with Crippen LogP contribution in [-0.4, -0.2) is 57.0 Å². The van der Waals surface area contributed by atoms with Crippen LogP contribution >= 0.6 is 23.2 Å². The summed E-state index contributed by atoms with van der Waals surface area (Å²) < 4.78 is 10.9. The average molecular weight is 423 g/mol. The molecule has 0 N–H and O–H groups in total. The van der Waals surface area contributed by atoms with Crippen LogP contribution in [0.5, 0.6) is 11.5 Å². The Kier molecular flexibility index (Phi) is 6.65. The van der Waals surface area contributed by atoms with E-state index >= 15 is 0 Å². The predicted octanol–water partition coefficient (Wildman–Crippen LogP) is 3.54. The molecule has 0 unspecified atom stereocenters. The molecule has 8 heteroatoms. The fraction of sp³-hybridized carbons (Fsp3) is 0.300. The zero-order valence-corrected chi connectivity index (χ0v) is 16.9. The highest BCUT2D eigenvalue weighted by Crippen LogP contribution is 2.32. The van der Waals surface area contributed by atoms with Crippen molar-refractivity contribution in [2.75, 3.05) is 44.8 Å². The van der Waals surface area contributed by atoms with E-state index in [0.717, 1.165) is 11.4 Å². The highest BCUT2D eigenvalue weighted by molar-refractivity contribution is 6.36. The minimum absolute atomic E-state index is 0.164. The molecule has 0 atom stereocenters. The number of methoxy groups -OCH3 is 1. The molecule has 1 fully saturated rings. The number of anilines is 1. The molecule has 1 aliphatic heterocycles. The molecular weight excluding hydrogens is 403 g/mol. The van der Waals surface area contributed by atoms with Crippen LogP contribution in [0.1, 0.15) is 10.4 Å². The van der Waals surface area contributed by atoms with Gasteiger partial charge in [-0.15, -0.1) is 0 Å². The van der Waals surface area contributed by atoms with Crippen molar-refractivity contribution in [2.45, 2.75) is 0 Å². The number of hydrogen-bond acceptors (Lipinski definition) is 5. The summed E-state index contributed by atoms with van der Waals surface area (Å²) in [5, 5.41) is 0.529. The van der Waals surface area contributed by atoms with Gasteiger partial charge >= 0.3 is 0 Å². The Morgan fingerprint density at radius 3 is 2.54 bits per heavy atom. The van der Waals surface area contributed by atoms with Crippen molar-refractivity contribution in [3.63, 3.8) is 0 Å². The molecule has 0 saturated carbocycles. The lowest BCUT2D eigenvalue weighted by Crippen LogP contribution is -2.50. The monoisotopic (exact) mass is 422 g/mol. The molecule has 0 radical (unpaired) electrons. The number of carbonyl (C=O) groups excluding carboxylic acids is 2. The molecule has 1 aliphatic rings. The lowest BCUT2D eigenvalue weighted by Gasteiger charge is -2.36. The van der Waals surface area contributed by atoms with Gasteiger partial charge in [-0.05, 0) is 24.3 Å². The van der Waals surface area contributed by atoms with E-state index in [2.05, 4.69) is 4.90 Å². The van der Waals surface area contributed by atoms with Crippen LogP contribution in [0.25, 0.3) is 0 Å². The Bertz CT molecular complexity index is 867. The number of carbonyl (C=O) groups is 2. The third-order valence-corrected chi connectivity index (χ3v) is 5.06. The van der Waals surface area contributed by atoms with Crippen LogP contribution < -0.4 is 14.4 Å². The molecule has 6 nitrogen and oxygen atoms in total. The maximum Gasteiger partial charge on any atom is 0.260 e. The first-order valence-corrected chi connectivity index (χ1v) is 9.52. The second kappa shape index (κ2) is 9.17. The Hall–Kier alpha value is -2.44. The number of aldehydes is 1. The number of rotatable bonds is 6. The zero-order valence-electron chi connectivity index (χ0n) is 15.4. The standard InChI is InChI=1S/C20H20Cl2N2O4/c1-27-18-5-3-2-4-17(18)23-6-8-24(9-7-23)19(26)13-28-20-14(12-25)10-15(21)11-16(20)22/h2-5,10-12H,6-9,13H2,1H3. The van der Waals surface area contributed by atoms with Crippen molar-refractivity contribution in [1.82, 2.24) is 4.90 Å². The van der Waals surface area contributed by atoms with Crippen LogP contribution in [-0.2, 0) is 4.79 Å². The van der Waals surface area contributed by atoms with E-state index in [9.17, 15) is 9.59 Å². The van der Waals surface area contributed by atoms with E-state index in [1.54, 1.807) is 12.0 Å². The summed E-state index contributed by atoms with van der Waals surface area (Å²) in [6.07, 6.45) is 0.601. The molecule has 2 aromatic rings. The quantitative estimate of drug-likeness (QED) is 0.666. The Morgan fingerprint density at radius 1 is 1.14 bits per heavy atom. The van der Waals surface area contributed by atoms with Crippen LogP contribution in [0.3, 0.4) is 0 Å². The van der Waals surface area contributed by atoms with Gasteiger partial charge in [-0.2, -0.15) is 0 Å². The van der Waals surface area contributed by atoms with Gasteiger partial charge in [-0.3, -0.25) is 9.59 Å². The third kappa shape index (κ3) is 4.51. The number of amides is 1. The van der Waals surface area contributed by atoms with Gasteiger partial charge in [0.25, 0.3) is 5.91 Å². The van der Waals surface area contributed by atoms with Crippen LogP contribution in [0.2, 0.25) is 10.0 Å². The van der Waals surface area contributed by atoms with E-state index < -0.39 is 0 Å². The smallest absolute Gasteiger partial charge is 0.260 e. The summed E-state index contributed by atoms with van der Waals surface area (Å²) in [6, 6.07) is 10.7. The summed E-state index contributed by atoms with van der Waals surface area (Å²) in [4.78, 5) is 27.6. The Balaban J connectivity index is 1.58. The van der Waals surface area contributed by atoms with Crippen LogP contribution in [0, 0.1) is 0 Å². The number of nitrogens with zero attached hydrogens (tertiary/aromatic N) is 2. The van der Waals surface area contributed by atoms with Crippen LogP contribution in [0.4, 0.5) is 5.69 Å². The predicted molar refractivity (Wildman–Crippen MR) is 109 cm³/mol. The van der Waals surface area contributed by atoms with Gasteiger partial charge in [0.15, 0.2) is 12.9 Å². The molecule has 0 spiro atoms.